The van der Waals surface area contributed by atoms with E-state index in [9.17, 15) is 0 Å². The van der Waals surface area contributed by atoms with Gasteiger partial charge in [-0.15, -0.1) is 0 Å². The molecule has 4 rings (SSSR count). The first kappa shape index (κ1) is 17.3. The highest BCUT2D eigenvalue weighted by atomic mass is 35.5. The summed E-state index contributed by atoms with van der Waals surface area (Å²) in [7, 11) is 0. The van der Waals surface area contributed by atoms with Gasteiger partial charge in [-0.2, -0.15) is 0 Å². The third-order valence-electron chi connectivity index (χ3n) is 4.52. The lowest BCUT2D eigenvalue weighted by Crippen LogP contribution is -2.31. The molecule has 136 valence electrons. The van der Waals surface area contributed by atoms with Gasteiger partial charge in [0.25, 0.3) is 0 Å². The zero-order valence-corrected chi connectivity index (χ0v) is 15.2. The van der Waals surface area contributed by atoms with Gasteiger partial charge in [0, 0.05) is 29.8 Å². The summed E-state index contributed by atoms with van der Waals surface area (Å²) in [5.41, 5.74) is 1.80. The van der Waals surface area contributed by atoms with Gasteiger partial charge in [-0.1, -0.05) is 28.9 Å². The van der Waals surface area contributed by atoms with Crippen molar-refractivity contribution >= 4 is 11.6 Å². The van der Waals surface area contributed by atoms with Crippen molar-refractivity contribution in [2.75, 3.05) is 13.2 Å². The highest BCUT2D eigenvalue weighted by molar-refractivity contribution is 6.30. The lowest BCUT2D eigenvalue weighted by Gasteiger charge is -2.23. The van der Waals surface area contributed by atoms with Crippen LogP contribution in [0.5, 0.6) is 0 Å². The van der Waals surface area contributed by atoms with Gasteiger partial charge in [0.05, 0.1) is 25.5 Å². The van der Waals surface area contributed by atoms with Crippen LogP contribution in [0.25, 0.3) is 11.3 Å². The number of furan rings is 1. The standard InChI is InChI=1S/C20H21ClN2O3/c21-16-7-5-15(6-8-16)20-11-19(26-22-20)14-23(12-17-3-1-9-24-17)13-18-4-2-10-25-18/h1,3,5-9,11,18H,2,4,10,12-14H2. The Morgan fingerprint density at radius 2 is 1.96 bits per heavy atom. The number of nitrogens with zero attached hydrogens (tertiary/aromatic N) is 2. The molecule has 2 aromatic heterocycles. The topological polar surface area (TPSA) is 51.6 Å². The average molecular weight is 373 g/mol. The Kier molecular flexibility index (Phi) is 5.39. The molecule has 1 unspecified atom stereocenters. The first-order chi connectivity index (χ1) is 12.8. The number of aromatic nitrogens is 1. The quantitative estimate of drug-likeness (QED) is 0.598. The Hall–Kier alpha value is -2.08. The molecule has 1 fully saturated rings. The Morgan fingerprint density at radius 1 is 1.12 bits per heavy atom. The maximum atomic E-state index is 5.95. The molecule has 0 saturated carbocycles. The minimum atomic E-state index is 0.267. The van der Waals surface area contributed by atoms with Gasteiger partial charge in [-0.25, -0.2) is 0 Å². The van der Waals surface area contributed by atoms with Crippen LogP contribution in [0.15, 0.2) is 57.7 Å². The number of benzene rings is 1. The Morgan fingerprint density at radius 3 is 2.69 bits per heavy atom. The zero-order chi connectivity index (χ0) is 17.8. The lowest BCUT2D eigenvalue weighted by molar-refractivity contribution is 0.0622. The summed E-state index contributed by atoms with van der Waals surface area (Å²) < 4.78 is 16.9. The zero-order valence-electron chi connectivity index (χ0n) is 14.4. The lowest BCUT2D eigenvalue weighted by atomic mass is 10.1. The SMILES string of the molecule is Clc1ccc(-c2cc(CN(Cc3ccco3)CC3CCCO3)on2)cc1. The van der Waals surface area contributed by atoms with Crippen molar-refractivity contribution in [3.05, 3.63) is 65.3 Å². The molecule has 0 spiro atoms. The highest BCUT2D eigenvalue weighted by Crippen LogP contribution is 2.23. The number of hydrogen-bond donors (Lipinski definition) is 0. The van der Waals surface area contributed by atoms with E-state index in [0.29, 0.717) is 18.1 Å². The van der Waals surface area contributed by atoms with Gasteiger partial charge in [0.2, 0.25) is 0 Å². The predicted octanol–water partition coefficient (Wildman–Crippen LogP) is 4.77. The maximum Gasteiger partial charge on any atom is 0.151 e. The van der Waals surface area contributed by atoms with Crippen LogP contribution in [-0.4, -0.2) is 29.3 Å². The monoisotopic (exact) mass is 372 g/mol. The normalized spacial score (nSPS) is 17.2. The van der Waals surface area contributed by atoms with E-state index >= 15 is 0 Å². The van der Waals surface area contributed by atoms with Crippen molar-refractivity contribution in [2.45, 2.75) is 32.0 Å². The van der Waals surface area contributed by atoms with E-state index < -0.39 is 0 Å². The van der Waals surface area contributed by atoms with Crippen LogP contribution >= 0.6 is 11.6 Å². The molecule has 26 heavy (non-hydrogen) atoms. The summed E-state index contributed by atoms with van der Waals surface area (Å²) in [5.74, 6) is 1.75. The van der Waals surface area contributed by atoms with E-state index in [1.165, 1.54) is 0 Å². The number of hydrogen-bond acceptors (Lipinski definition) is 5. The molecular weight excluding hydrogens is 352 g/mol. The summed E-state index contributed by atoms with van der Waals surface area (Å²) in [6, 6.07) is 13.5. The smallest absolute Gasteiger partial charge is 0.151 e. The van der Waals surface area contributed by atoms with E-state index in [2.05, 4.69) is 10.1 Å². The van der Waals surface area contributed by atoms with Crippen LogP contribution in [0.2, 0.25) is 5.02 Å². The minimum absolute atomic E-state index is 0.267. The molecule has 3 aromatic rings. The van der Waals surface area contributed by atoms with E-state index in [4.69, 9.17) is 25.3 Å². The largest absolute Gasteiger partial charge is 0.468 e. The average Bonchev–Trinajstić information content (AvgIpc) is 3.38. The second kappa shape index (κ2) is 8.08. The molecule has 1 aliphatic heterocycles. The predicted molar refractivity (Wildman–Crippen MR) is 98.7 cm³/mol. The molecule has 1 saturated heterocycles. The fourth-order valence-corrected chi connectivity index (χ4v) is 3.37. The molecule has 0 amide bonds. The second-order valence-corrected chi connectivity index (χ2v) is 7.01. The van der Waals surface area contributed by atoms with E-state index in [0.717, 1.165) is 48.8 Å². The maximum absolute atomic E-state index is 5.95. The molecule has 0 aliphatic carbocycles. The van der Waals surface area contributed by atoms with E-state index in [1.54, 1.807) is 6.26 Å². The van der Waals surface area contributed by atoms with E-state index in [-0.39, 0.29) is 6.10 Å². The van der Waals surface area contributed by atoms with Gasteiger partial charge < -0.3 is 13.7 Å². The van der Waals surface area contributed by atoms with Crippen molar-refractivity contribution < 1.29 is 13.7 Å². The van der Waals surface area contributed by atoms with Crippen molar-refractivity contribution in [3.63, 3.8) is 0 Å². The van der Waals surface area contributed by atoms with Crippen LogP contribution in [0.4, 0.5) is 0 Å². The number of halogens is 1. The van der Waals surface area contributed by atoms with Gasteiger partial charge >= 0.3 is 0 Å². The number of rotatable bonds is 7. The summed E-state index contributed by atoms with van der Waals surface area (Å²) in [6.45, 7) is 3.06. The third kappa shape index (κ3) is 4.36. The summed E-state index contributed by atoms with van der Waals surface area (Å²) >= 11 is 5.95. The Labute approximate surface area is 157 Å². The summed E-state index contributed by atoms with van der Waals surface area (Å²) in [6.07, 6.45) is 4.19. The van der Waals surface area contributed by atoms with Gasteiger partial charge in [-0.3, -0.25) is 4.90 Å². The molecule has 6 heteroatoms. The molecule has 1 aliphatic rings. The van der Waals surface area contributed by atoms with Crippen LogP contribution in [0.1, 0.15) is 24.4 Å². The van der Waals surface area contributed by atoms with Crippen LogP contribution in [-0.2, 0) is 17.8 Å². The van der Waals surface area contributed by atoms with Crippen molar-refractivity contribution in [1.29, 1.82) is 0 Å². The third-order valence-corrected chi connectivity index (χ3v) is 4.78. The Balaban J connectivity index is 1.46. The summed E-state index contributed by atoms with van der Waals surface area (Å²) in [5, 5.41) is 4.91. The van der Waals surface area contributed by atoms with Crippen LogP contribution in [0.3, 0.4) is 0 Å². The van der Waals surface area contributed by atoms with Crippen LogP contribution in [0, 0.1) is 0 Å². The first-order valence-electron chi connectivity index (χ1n) is 8.84. The van der Waals surface area contributed by atoms with Gasteiger partial charge in [0.1, 0.15) is 11.5 Å². The fraction of sp³-hybridized carbons (Fsp3) is 0.350. The van der Waals surface area contributed by atoms with E-state index in [1.807, 2.05) is 42.5 Å². The highest BCUT2D eigenvalue weighted by Gasteiger charge is 2.21. The second-order valence-electron chi connectivity index (χ2n) is 6.57. The van der Waals surface area contributed by atoms with Crippen molar-refractivity contribution in [3.8, 4) is 11.3 Å². The molecule has 1 aromatic carbocycles. The van der Waals surface area contributed by atoms with Crippen molar-refractivity contribution in [2.24, 2.45) is 0 Å². The fourth-order valence-electron chi connectivity index (χ4n) is 3.25. The molecule has 1 atom stereocenters. The molecule has 5 nitrogen and oxygen atoms in total. The Bertz CT molecular complexity index is 808. The molecular formula is C20H21ClN2O3. The molecule has 0 radical (unpaired) electrons. The number of ether oxygens (including phenoxy) is 1. The molecule has 0 bridgehead atoms. The minimum Gasteiger partial charge on any atom is -0.468 e. The van der Waals surface area contributed by atoms with Crippen LogP contribution < -0.4 is 0 Å². The van der Waals surface area contributed by atoms with Gasteiger partial charge in [0.15, 0.2) is 5.76 Å². The first-order valence-corrected chi connectivity index (χ1v) is 9.22. The molecule has 3 heterocycles. The molecule has 0 N–H and O–H groups in total. The summed E-state index contributed by atoms with van der Waals surface area (Å²) in [4.78, 5) is 2.28. The van der Waals surface area contributed by atoms with Gasteiger partial charge in [-0.05, 0) is 37.1 Å². The van der Waals surface area contributed by atoms with Crippen molar-refractivity contribution in [1.82, 2.24) is 10.1 Å².